The van der Waals surface area contributed by atoms with Gasteiger partial charge in [-0.25, -0.2) is 0 Å². The van der Waals surface area contributed by atoms with Crippen molar-refractivity contribution in [3.05, 3.63) is 35.2 Å². The number of rotatable bonds is 2. The molecule has 0 spiro atoms. The van der Waals surface area contributed by atoms with Crippen LogP contribution in [-0.2, 0) is 0 Å². The molecular formula is C13H14N2OS. The number of carbonyl (C=O) groups is 1. The molecule has 4 heteroatoms. The van der Waals surface area contributed by atoms with E-state index in [0.717, 1.165) is 30.5 Å². The van der Waals surface area contributed by atoms with Crippen LogP contribution in [0.1, 0.15) is 16.8 Å². The van der Waals surface area contributed by atoms with Gasteiger partial charge in [-0.15, -0.1) is 11.3 Å². The number of thiophene rings is 1. The Kier molecular flexibility index (Phi) is 2.82. The van der Waals surface area contributed by atoms with E-state index in [2.05, 4.69) is 10.6 Å². The van der Waals surface area contributed by atoms with Crippen LogP contribution in [0.3, 0.4) is 0 Å². The molecule has 3 rings (SSSR count). The molecule has 2 aromatic rings. The normalized spacial score (nSPS) is 19.6. The highest BCUT2D eigenvalue weighted by Crippen LogP contribution is 2.25. The number of nitrogens with one attached hydrogen (secondary N) is 2. The second-order valence-electron chi connectivity index (χ2n) is 4.31. The number of fused-ring (bicyclic) bond motifs is 1. The van der Waals surface area contributed by atoms with E-state index in [1.54, 1.807) is 11.3 Å². The Labute approximate surface area is 104 Å². The first-order chi connectivity index (χ1) is 8.34. The van der Waals surface area contributed by atoms with E-state index in [1.807, 2.05) is 29.6 Å². The fourth-order valence-corrected chi connectivity index (χ4v) is 3.14. The van der Waals surface area contributed by atoms with Gasteiger partial charge < -0.3 is 10.6 Å². The van der Waals surface area contributed by atoms with Gasteiger partial charge in [0.25, 0.3) is 5.91 Å². The Morgan fingerprint density at radius 2 is 2.29 bits per heavy atom. The van der Waals surface area contributed by atoms with E-state index in [0.29, 0.717) is 0 Å². The van der Waals surface area contributed by atoms with Crippen LogP contribution < -0.4 is 10.6 Å². The monoisotopic (exact) mass is 246 g/mol. The van der Waals surface area contributed by atoms with E-state index >= 15 is 0 Å². The molecule has 0 bridgehead atoms. The van der Waals surface area contributed by atoms with Crippen LogP contribution in [0.5, 0.6) is 0 Å². The average Bonchev–Trinajstić information content (AvgIpc) is 2.96. The molecule has 17 heavy (non-hydrogen) atoms. The zero-order valence-corrected chi connectivity index (χ0v) is 10.2. The van der Waals surface area contributed by atoms with Gasteiger partial charge in [-0.1, -0.05) is 18.2 Å². The quantitative estimate of drug-likeness (QED) is 0.851. The van der Waals surface area contributed by atoms with Gasteiger partial charge in [-0.2, -0.15) is 0 Å². The van der Waals surface area contributed by atoms with E-state index in [4.69, 9.17) is 0 Å². The minimum Gasteiger partial charge on any atom is -0.348 e. The van der Waals surface area contributed by atoms with Crippen molar-refractivity contribution >= 4 is 27.3 Å². The predicted octanol–water partition coefficient (Wildman–Crippen LogP) is 1.99. The SMILES string of the molecule is O=C(N[C@@H]1CCNC1)c1csc2ccccc12. The second-order valence-corrected chi connectivity index (χ2v) is 5.22. The smallest absolute Gasteiger partial charge is 0.253 e. The van der Waals surface area contributed by atoms with Crippen molar-refractivity contribution in [1.29, 1.82) is 0 Å². The second kappa shape index (κ2) is 4.47. The summed E-state index contributed by atoms with van der Waals surface area (Å²) in [6.45, 7) is 1.88. The molecule has 0 radical (unpaired) electrons. The molecule has 88 valence electrons. The molecular weight excluding hydrogens is 232 g/mol. The number of benzene rings is 1. The molecule has 1 aromatic heterocycles. The Morgan fingerprint density at radius 1 is 1.41 bits per heavy atom. The highest BCUT2D eigenvalue weighted by molar-refractivity contribution is 7.17. The summed E-state index contributed by atoms with van der Waals surface area (Å²) in [7, 11) is 0. The zero-order valence-electron chi connectivity index (χ0n) is 9.40. The first-order valence-corrected chi connectivity index (χ1v) is 6.70. The van der Waals surface area contributed by atoms with Crippen molar-refractivity contribution in [1.82, 2.24) is 10.6 Å². The van der Waals surface area contributed by atoms with Crippen LogP contribution in [0.4, 0.5) is 0 Å². The summed E-state index contributed by atoms with van der Waals surface area (Å²) < 4.78 is 1.17. The highest BCUT2D eigenvalue weighted by Gasteiger charge is 2.19. The Hall–Kier alpha value is -1.39. The lowest BCUT2D eigenvalue weighted by atomic mass is 10.1. The number of amides is 1. The van der Waals surface area contributed by atoms with Crippen LogP contribution in [0.25, 0.3) is 10.1 Å². The fourth-order valence-electron chi connectivity index (χ4n) is 2.19. The molecule has 3 nitrogen and oxygen atoms in total. The maximum Gasteiger partial charge on any atom is 0.253 e. The Balaban J connectivity index is 1.85. The lowest BCUT2D eigenvalue weighted by Crippen LogP contribution is -2.36. The molecule has 1 amide bonds. The third kappa shape index (κ3) is 2.06. The van der Waals surface area contributed by atoms with Crippen molar-refractivity contribution in [3.8, 4) is 0 Å². The van der Waals surface area contributed by atoms with Crippen molar-refractivity contribution in [2.24, 2.45) is 0 Å². The Bertz CT molecular complexity index is 543. The summed E-state index contributed by atoms with van der Waals surface area (Å²) in [5.74, 6) is 0.0520. The van der Waals surface area contributed by atoms with Gasteiger partial charge in [0, 0.05) is 28.1 Å². The van der Waals surface area contributed by atoms with Gasteiger partial charge in [-0.3, -0.25) is 4.79 Å². The van der Waals surface area contributed by atoms with Crippen LogP contribution in [0.15, 0.2) is 29.6 Å². The third-order valence-corrected chi connectivity index (χ3v) is 4.08. The maximum atomic E-state index is 12.1. The van der Waals surface area contributed by atoms with Gasteiger partial charge in [0.1, 0.15) is 0 Å². The summed E-state index contributed by atoms with van der Waals surface area (Å²) in [4.78, 5) is 12.1. The van der Waals surface area contributed by atoms with Crippen molar-refractivity contribution in [2.45, 2.75) is 12.5 Å². The van der Waals surface area contributed by atoms with Crippen LogP contribution >= 0.6 is 11.3 Å². The van der Waals surface area contributed by atoms with Crippen molar-refractivity contribution in [2.75, 3.05) is 13.1 Å². The molecule has 2 heterocycles. The molecule has 1 aromatic carbocycles. The molecule has 0 unspecified atom stereocenters. The molecule has 1 aliphatic rings. The molecule has 0 saturated carbocycles. The van der Waals surface area contributed by atoms with E-state index in [9.17, 15) is 4.79 Å². The summed E-state index contributed by atoms with van der Waals surface area (Å²) in [6, 6.07) is 8.31. The van der Waals surface area contributed by atoms with Crippen LogP contribution in [0.2, 0.25) is 0 Å². The summed E-state index contributed by atoms with van der Waals surface area (Å²) in [5, 5.41) is 9.33. The van der Waals surface area contributed by atoms with Crippen molar-refractivity contribution < 1.29 is 4.79 Å². The average molecular weight is 246 g/mol. The lowest BCUT2D eigenvalue weighted by Gasteiger charge is -2.10. The topological polar surface area (TPSA) is 41.1 Å². The number of carbonyl (C=O) groups excluding carboxylic acids is 1. The van der Waals surface area contributed by atoms with Gasteiger partial charge >= 0.3 is 0 Å². The maximum absolute atomic E-state index is 12.1. The first-order valence-electron chi connectivity index (χ1n) is 5.82. The molecule has 1 saturated heterocycles. The Morgan fingerprint density at radius 3 is 3.12 bits per heavy atom. The van der Waals surface area contributed by atoms with Gasteiger partial charge in [0.15, 0.2) is 0 Å². The molecule has 1 atom stereocenters. The zero-order chi connectivity index (χ0) is 11.7. The van der Waals surface area contributed by atoms with Gasteiger partial charge in [-0.05, 0) is 19.0 Å². The number of hydrogen-bond acceptors (Lipinski definition) is 3. The van der Waals surface area contributed by atoms with E-state index < -0.39 is 0 Å². The molecule has 0 aliphatic carbocycles. The summed E-state index contributed by atoms with van der Waals surface area (Å²) in [6.07, 6.45) is 1.02. The molecule has 1 fully saturated rings. The molecule has 1 aliphatic heterocycles. The van der Waals surface area contributed by atoms with Crippen LogP contribution in [0, 0.1) is 0 Å². The van der Waals surface area contributed by atoms with Crippen LogP contribution in [-0.4, -0.2) is 25.0 Å². The van der Waals surface area contributed by atoms with E-state index in [-0.39, 0.29) is 11.9 Å². The van der Waals surface area contributed by atoms with E-state index in [1.165, 1.54) is 4.70 Å². The third-order valence-electron chi connectivity index (χ3n) is 3.12. The van der Waals surface area contributed by atoms with Gasteiger partial charge in [0.05, 0.1) is 5.56 Å². The van der Waals surface area contributed by atoms with Gasteiger partial charge in [0.2, 0.25) is 0 Å². The van der Waals surface area contributed by atoms with Crippen molar-refractivity contribution in [3.63, 3.8) is 0 Å². The summed E-state index contributed by atoms with van der Waals surface area (Å²) >= 11 is 1.62. The predicted molar refractivity (Wildman–Crippen MR) is 70.6 cm³/mol. The largest absolute Gasteiger partial charge is 0.348 e. The highest BCUT2D eigenvalue weighted by atomic mass is 32.1. The fraction of sp³-hybridized carbons (Fsp3) is 0.308. The minimum atomic E-state index is 0.0520. The summed E-state index contributed by atoms with van der Waals surface area (Å²) in [5.41, 5.74) is 0.803. The molecule has 2 N–H and O–H groups in total. The standard InChI is InChI=1S/C13H14N2OS/c16-13(15-9-5-6-14-7-9)11-8-17-12-4-2-1-3-10(11)12/h1-4,8-9,14H,5-7H2,(H,15,16)/t9-/m1/s1. The lowest BCUT2D eigenvalue weighted by molar-refractivity contribution is 0.0942. The first kappa shape index (κ1) is 10.7. The minimum absolute atomic E-state index is 0.0520. The number of hydrogen-bond donors (Lipinski definition) is 2.